The van der Waals surface area contributed by atoms with Crippen LogP contribution < -0.4 is 9.47 Å². The molecule has 4 rings (SSSR count). The Hall–Kier alpha value is -4.91. The minimum atomic E-state index is -0.827. The first kappa shape index (κ1) is 30.1. The van der Waals surface area contributed by atoms with Crippen LogP contribution >= 0.6 is 0 Å². The van der Waals surface area contributed by atoms with Crippen molar-refractivity contribution in [2.24, 2.45) is 0 Å². The van der Waals surface area contributed by atoms with E-state index in [1.807, 2.05) is 62.4 Å². The summed E-state index contributed by atoms with van der Waals surface area (Å²) in [5.41, 5.74) is 5.20. The molecule has 42 heavy (non-hydrogen) atoms. The molecular formula is C35H34O7. The fourth-order valence-electron chi connectivity index (χ4n) is 4.11. The number of benzene rings is 4. The molecule has 0 aromatic heterocycles. The summed E-state index contributed by atoms with van der Waals surface area (Å²) >= 11 is 0. The Bertz CT molecular complexity index is 1340. The van der Waals surface area contributed by atoms with E-state index in [1.165, 1.54) is 0 Å². The predicted octanol–water partition coefficient (Wildman–Crippen LogP) is 7.58. The summed E-state index contributed by atoms with van der Waals surface area (Å²) in [5.74, 6) is 0.109. The van der Waals surface area contributed by atoms with Gasteiger partial charge < -0.3 is 18.9 Å². The first-order chi connectivity index (χ1) is 20.4. The van der Waals surface area contributed by atoms with Gasteiger partial charge in [-0.05, 0) is 96.5 Å². The van der Waals surface area contributed by atoms with E-state index in [4.69, 9.17) is 18.9 Å². The van der Waals surface area contributed by atoms with Gasteiger partial charge in [0.15, 0.2) is 0 Å². The summed E-state index contributed by atoms with van der Waals surface area (Å²) in [5, 5.41) is 0. The van der Waals surface area contributed by atoms with Crippen molar-refractivity contribution in [2.45, 2.75) is 39.5 Å². The third-order valence-corrected chi connectivity index (χ3v) is 6.32. The average Bonchev–Trinajstić information content (AvgIpc) is 3.01. The van der Waals surface area contributed by atoms with Crippen LogP contribution in [0, 0.1) is 0 Å². The number of hydrogen-bond acceptors (Lipinski definition) is 7. The lowest BCUT2D eigenvalue weighted by Gasteiger charge is -2.08. The molecular weight excluding hydrogens is 532 g/mol. The first-order valence-electron chi connectivity index (χ1n) is 14.0. The zero-order valence-electron chi connectivity index (χ0n) is 23.8. The normalized spacial score (nSPS) is 10.5. The highest BCUT2D eigenvalue weighted by Crippen LogP contribution is 2.19. The lowest BCUT2D eigenvalue weighted by atomic mass is 10.0. The van der Waals surface area contributed by atoms with Crippen LogP contribution in [0.15, 0.2) is 97.1 Å². The Labute approximate surface area is 246 Å². The fraction of sp³-hybridized carbons (Fsp3) is 0.229. The van der Waals surface area contributed by atoms with Crippen molar-refractivity contribution in [3.63, 3.8) is 0 Å². The number of hydrogen-bond donors (Lipinski definition) is 0. The van der Waals surface area contributed by atoms with Crippen molar-refractivity contribution < 1.29 is 33.3 Å². The molecule has 0 unspecified atom stereocenters. The Morgan fingerprint density at radius 3 is 1.10 bits per heavy atom. The lowest BCUT2D eigenvalue weighted by molar-refractivity contribution is 0.0496. The van der Waals surface area contributed by atoms with Gasteiger partial charge in [0.05, 0.1) is 24.3 Å². The number of carbonyl (C=O) groups excluding carboxylic acids is 3. The fourth-order valence-corrected chi connectivity index (χ4v) is 4.11. The number of ether oxygens (including phenoxy) is 4. The summed E-state index contributed by atoms with van der Waals surface area (Å²) in [6.45, 7) is 4.72. The van der Waals surface area contributed by atoms with Crippen molar-refractivity contribution in [1.29, 1.82) is 0 Å². The quantitative estimate of drug-likeness (QED) is 0.129. The molecule has 0 atom stereocenters. The third kappa shape index (κ3) is 9.06. The molecule has 0 bridgehead atoms. The lowest BCUT2D eigenvalue weighted by Crippen LogP contribution is -2.13. The highest BCUT2D eigenvalue weighted by atomic mass is 16.7. The number of carbonyl (C=O) groups is 3. The van der Waals surface area contributed by atoms with Gasteiger partial charge in [-0.15, -0.1) is 0 Å². The van der Waals surface area contributed by atoms with E-state index in [9.17, 15) is 14.4 Å². The van der Waals surface area contributed by atoms with Crippen LogP contribution in [0.1, 0.15) is 69.7 Å². The van der Waals surface area contributed by atoms with E-state index < -0.39 is 6.16 Å². The molecule has 7 nitrogen and oxygen atoms in total. The van der Waals surface area contributed by atoms with E-state index in [1.54, 1.807) is 48.5 Å². The van der Waals surface area contributed by atoms with Crippen molar-refractivity contribution in [1.82, 2.24) is 0 Å². The summed E-state index contributed by atoms with van der Waals surface area (Å²) in [6.07, 6.45) is 2.07. The molecule has 0 amide bonds. The van der Waals surface area contributed by atoms with Crippen LogP contribution in [-0.2, 0) is 22.3 Å². The minimum Gasteiger partial charge on any atom is -0.462 e. The van der Waals surface area contributed by atoms with Crippen LogP contribution in [0.25, 0.3) is 0 Å². The van der Waals surface area contributed by atoms with E-state index in [0.29, 0.717) is 48.7 Å². The highest BCUT2D eigenvalue weighted by Gasteiger charge is 2.10. The van der Waals surface area contributed by atoms with Crippen molar-refractivity contribution in [2.75, 3.05) is 13.2 Å². The Kier molecular flexibility index (Phi) is 10.9. The SMILES string of the molecule is CCCOC(=O)c1ccc(Cc2ccc(OC(=O)Oc3ccc(Cc4ccc(C(=O)OCCC)cc4)cc3)cc2)cc1. The molecule has 0 radical (unpaired) electrons. The van der Waals surface area contributed by atoms with Crippen LogP contribution in [0.2, 0.25) is 0 Å². The molecule has 4 aromatic carbocycles. The molecule has 0 aliphatic heterocycles. The Balaban J connectivity index is 1.24. The van der Waals surface area contributed by atoms with Gasteiger partial charge in [0, 0.05) is 0 Å². The van der Waals surface area contributed by atoms with Crippen molar-refractivity contribution in [3.05, 3.63) is 130 Å². The van der Waals surface area contributed by atoms with Gasteiger partial charge in [-0.1, -0.05) is 62.4 Å². The Morgan fingerprint density at radius 1 is 0.476 bits per heavy atom. The van der Waals surface area contributed by atoms with Gasteiger partial charge in [0.1, 0.15) is 11.5 Å². The molecule has 0 saturated carbocycles. The van der Waals surface area contributed by atoms with Crippen LogP contribution in [0.4, 0.5) is 4.79 Å². The molecule has 0 saturated heterocycles. The van der Waals surface area contributed by atoms with E-state index in [0.717, 1.165) is 35.1 Å². The maximum absolute atomic E-state index is 12.3. The highest BCUT2D eigenvalue weighted by molar-refractivity contribution is 5.89. The monoisotopic (exact) mass is 566 g/mol. The molecule has 0 aliphatic rings. The van der Waals surface area contributed by atoms with Gasteiger partial charge >= 0.3 is 18.1 Å². The summed E-state index contributed by atoms with van der Waals surface area (Å²) in [6, 6.07) is 29.0. The van der Waals surface area contributed by atoms with Crippen molar-refractivity contribution >= 4 is 18.1 Å². The second-order valence-electron chi connectivity index (χ2n) is 9.76. The van der Waals surface area contributed by atoms with E-state index in [-0.39, 0.29) is 11.9 Å². The molecule has 216 valence electrons. The molecule has 7 heteroatoms. The second kappa shape index (κ2) is 15.2. The average molecular weight is 567 g/mol. The van der Waals surface area contributed by atoms with Gasteiger partial charge in [-0.25, -0.2) is 14.4 Å². The first-order valence-corrected chi connectivity index (χ1v) is 14.0. The standard InChI is InChI=1S/C35H34O7/c1-3-21-39-33(36)29-13-5-25(6-14-29)23-27-9-17-31(18-10-27)41-35(38)42-32-19-11-28(12-20-32)24-26-7-15-30(16-8-26)34(37)40-22-4-2/h5-20H,3-4,21-24H2,1-2H3. The molecule has 0 spiro atoms. The van der Waals surface area contributed by atoms with Crippen LogP contribution in [0.3, 0.4) is 0 Å². The zero-order valence-corrected chi connectivity index (χ0v) is 23.8. The molecule has 0 fully saturated rings. The summed E-state index contributed by atoms with van der Waals surface area (Å²) in [7, 11) is 0. The predicted molar refractivity (Wildman–Crippen MR) is 159 cm³/mol. The van der Waals surface area contributed by atoms with Gasteiger partial charge in [-0.3, -0.25) is 0 Å². The van der Waals surface area contributed by atoms with Gasteiger partial charge in [0.2, 0.25) is 0 Å². The van der Waals surface area contributed by atoms with Gasteiger partial charge in [0.25, 0.3) is 0 Å². The maximum Gasteiger partial charge on any atom is 0.519 e. The summed E-state index contributed by atoms with van der Waals surface area (Å²) < 4.78 is 21.0. The van der Waals surface area contributed by atoms with E-state index >= 15 is 0 Å². The number of rotatable bonds is 12. The Morgan fingerprint density at radius 2 is 0.786 bits per heavy atom. The third-order valence-electron chi connectivity index (χ3n) is 6.32. The van der Waals surface area contributed by atoms with E-state index in [2.05, 4.69) is 0 Å². The second-order valence-corrected chi connectivity index (χ2v) is 9.76. The largest absolute Gasteiger partial charge is 0.519 e. The maximum atomic E-state index is 12.3. The molecule has 0 aliphatic carbocycles. The smallest absolute Gasteiger partial charge is 0.462 e. The molecule has 4 aromatic rings. The topological polar surface area (TPSA) is 88.1 Å². The minimum absolute atomic E-state index is 0.317. The molecule has 0 heterocycles. The van der Waals surface area contributed by atoms with Crippen molar-refractivity contribution in [3.8, 4) is 11.5 Å². The number of esters is 2. The zero-order chi connectivity index (χ0) is 29.7. The molecule has 0 N–H and O–H groups in total. The van der Waals surface area contributed by atoms with Crippen LogP contribution in [-0.4, -0.2) is 31.3 Å². The summed E-state index contributed by atoms with van der Waals surface area (Å²) in [4.78, 5) is 36.2. The van der Waals surface area contributed by atoms with Gasteiger partial charge in [-0.2, -0.15) is 0 Å². The van der Waals surface area contributed by atoms with Crippen LogP contribution in [0.5, 0.6) is 11.5 Å².